The summed E-state index contributed by atoms with van der Waals surface area (Å²) in [5, 5.41) is 5.18. The van der Waals surface area contributed by atoms with Gasteiger partial charge in [-0.2, -0.15) is 0 Å². The Balaban J connectivity index is 1.39. The van der Waals surface area contributed by atoms with E-state index in [0.29, 0.717) is 5.41 Å². The number of ether oxygens (including phenoxy) is 1. The van der Waals surface area contributed by atoms with Gasteiger partial charge in [-0.25, -0.2) is 4.57 Å². The number of aryl methyl sites for hydroxylation is 2. The maximum Gasteiger partial charge on any atom is 0.228 e. The third kappa shape index (κ3) is 2.42. The van der Waals surface area contributed by atoms with Crippen LogP contribution in [0.5, 0.6) is 11.5 Å². The number of pyridine rings is 1. The number of benzene rings is 3. The molecule has 164 valence electrons. The first-order valence-electron chi connectivity index (χ1n) is 12.8. The largest absolute Gasteiger partial charge is 0.456 e. The standard InChI is InChI=1S/C31H30NO/c1-18-25-6-4-3-5-22(25)13-26-28(18)30-29-23(7-8-32(30)2)12-24(14-27(29)33-26)31-15-19-9-20(16-31)11-21(10-19)17-31/h3-8,12-14,19-21H,9-11,15-17H2,1-2H3/q+1. The van der Waals surface area contributed by atoms with Crippen LogP contribution in [-0.4, -0.2) is 0 Å². The van der Waals surface area contributed by atoms with E-state index in [0.717, 1.165) is 29.3 Å². The van der Waals surface area contributed by atoms with Gasteiger partial charge in [-0.1, -0.05) is 24.3 Å². The van der Waals surface area contributed by atoms with Crippen molar-refractivity contribution in [2.75, 3.05) is 0 Å². The topological polar surface area (TPSA) is 13.1 Å². The van der Waals surface area contributed by atoms with Crippen molar-refractivity contribution in [3.63, 3.8) is 0 Å². The zero-order chi connectivity index (χ0) is 21.9. The van der Waals surface area contributed by atoms with E-state index in [1.807, 2.05) is 0 Å². The second kappa shape index (κ2) is 6.17. The van der Waals surface area contributed by atoms with Crippen LogP contribution in [0.4, 0.5) is 0 Å². The van der Waals surface area contributed by atoms with Gasteiger partial charge < -0.3 is 4.74 Å². The lowest BCUT2D eigenvalue weighted by Crippen LogP contribution is -2.48. The Bertz CT molecular complexity index is 1460. The van der Waals surface area contributed by atoms with E-state index in [9.17, 15) is 0 Å². The van der Waals surface area contributed by atoms with E-state index in [1.54, 1.807) is 5.56 Å². The molecule has 0 N–H and O–H groups in total. The van der Waals surface area contributed by atoms with Gasteiger partial charge in [-0.3, -0.25) is 0 Å². The third-order valence-corrected chi connectivity index (χ3v) is 9.58. The minimum absolute atomic E-state index is 0.376. The van der Waals surface area contributed by atoms with Crippen LogP contribution in [0.25, 0.3) is 32.8 Å². The average Bonchev–Trinajstić information content (AvgIpc) is 2.80. The summed E-state index contributed by atoms with van der Waals surface area (Å²) in [6, 6.07) is 18.2. The summed E-state index contributed by atoms with van der Waals surface area (Å²) >= 11 is 0. The molecule has 4 bridgehead atoms. The quantitative estimate of drug-likeness (QED) is 0.252. The first-order chi connectivity index (χ1) is 16.1. The molecule has 0 atom stereocenters. The number of fused-ring (bicyclic) bond motifs is 3. The van der Waals surface area contributed by atoms with Crippen LogP contribution in [0, 0.1) is 24.7 Å². The van der Waals surface area contributed by atoms with Gasteiger partial charge in [0.1, 0.15) is 18.5 Å². The van der Waals surface area contributed by atoms with Gasteiger partial charge in [0, 0.05) is 6.07 Å². The summed E-state index contributed by atoms with van der Waals surface area (Å²) in [7, 11) is 2.18. The zero-order valence-corrected chi connectivity index (χ0v) is 19.5. The molecule has 0 saturated heterocycles. The average molecular weight is 433 g/mol. The van der Waals surface area contributed by atoms with Crippen LogP contribution in [0.15, 0.2) is 54.7 Å². The molecule has 4 fully saturated rings. The summed E-state index contributed by atoms with van der Waals surface area (Å²) in [5.41, 5.74) is 5.77. The molecule has 2 heteroatoms. The molecule has 2 nitrogen and oxygen atoms in total. The van der Waals surface area contributed by atoms with Crippen LogP contribution in [0.3, 0.4) is 0 Å². The summed E-state index contributed by atoms with van der Waals surface area (Å²) in [4.78, 5) is 0. The maximum atomic E-state index is 6.78. The predicted octanol–water partition coefficient (Wildman–Crippen LogP) is 7.37. The Morgan fingerprint density at radius 1 is 0.848 bits per heavy atom. The van der Waals surface area contributed by atoms with Crippen molar-refractivity contribution in [2.24, 2.45) is 24.8 Å². The normalized spacial score (nSPS) is 28.8. The molecule has 1 aromatic heterocycles. The molecular weight excluding hydrogens is 402 g/mol. The van der Waals surface area contributed by atoms with E-state index in [2.05, 4.69) is 73.3 Å². The molecule has 4 aromatic rings. The fourth-order valence-electron chi connectivity index (χ4n) is 8.61. The molecule has 0 amide bonds. The molecule has 3 aromatic carbocycles. The lowest BCUT2D eigenvalue weighted by atomic mass is 9.48. The fraction of sp³-hybridized carbons (Fsp3) is 0.387. The Morgan fingerprint density at radius 2 is 1.58 bits per heavy atom. The van der Waals surface area contributed by atoms with Gasteiger partial charge in [-0.15, -0.1) is 0 Å². The monoisotopic (exact) mass is 432 g/mol. The number of rotatable bonds is 1. The highest BCUT2D eigenvalue weighted by Gasteiger charge is 2.52. The van der Waals surface area contributed by atoms with Crippen molar-refractivity contribution in [3.8, 4) is 22.8 Å². The van der Waals surface area contributed by atoms with E-state index in [-0.39, 0.29) is 0 Å². The van der Waals surface area contributed by atoms with Gasteiger partial charge >= 0.3 is 0 Å². The van der Waals surface area contributed by atoms with Crippen LogP contribution >= 0.6 is 0 Å². The van der Waals surface area contributed by atoms with Crippen molar-refractivity contribution in [3.05, 3.63) is 65.9 Å². The zero-order valence-electron chi connectivity index (χ0n) is 19.5. The fourth-order valence-corrected chi connectivity index (χ4v) is 8.61. The first-order valence-corrected chi connectivity index (χ1v) is 12.8. The molecule has 33 heavy (non-hydrogen) atoms. The van der Waals surface area contributed by atoms with Crippen LogP contribution in [0.1, 0.15) is 49.7 Å². The highest BCUT2D eigenvalue weighted by atomic mass is 16.5. The molecule has 4 saturated carbocycles. The highest BCUT2D eigenvalue weighted by Crippen LogP contribution is 2.61. The Hall–Kier alpha value is -2.87. The lowest BCUT2D eigenvalue weighted by molar-refractivity contribution is -0.659. The van der Waals surface area contributed by atoms with E-state index >= 15 is 0 Å². The summed E-state index contributed by atoms with van der Waals surface area (Å²) < 4.78 is 9.08. The van der Waals surface area contributed by atoms with Crippen molar-refractivity contribution in [1.82, 2.24) is 0 Å². The van der Waals surface area contributed by atoms with Crippen LogP contribution in [0.2, 0.25) is 0 Å². The lowest BCUT2D eigenvalue weighted by Gasteiger charge is -2.57. The molecular formula is C31H30NO+. The van der Waals surface area contributed by atoms with Crippen LogP contribution in [-0.2, 0) is 12.5 Å². The van der Waals surface area contributed by atoms with Crippen molar-refractivity contribution < 1.29 is 9.30 Å². The molecule has 9 rings (SSSR count). The molecule has 2 heterocycles. The molecule has 1 aliphatic heterocycles. The van der Waals surface area contributed by atoms with Gasteiger partial charge in [0.15, 0.2) is 6.20 Å². The smallest absolute Gasteiger partial charge is 0.228 e. The van der Waals surface area contributed by atoms with Gasteiger partial charge in [-0.05, 0) is 114 Å². The number of nitrogens with zero attached hydrogens (tertiary/aromatic N) is 1. The van der Waals surface area contributed by atoms with Crippen LogP contribution < -0.4 is 9.30 Å². The van der Waals surface area contributed by atoms with Gasteiger partial charge in [0.05, 0.1) is 10.9 Å². The van der Waals surface area contributed by atoms with Gasteiger partial charge in [0.2, 0.25) is 5.69 Å². The minimum atomic E-state index is 0.376. The van der Waals surface area contributed by atoms with Crippen molar-refractivity contribution in [1.29, 1.82) is 0 Å². The predicted molar refractivity (Wildman–Crippen MR) is 133 cm³/mol. The maximum absolute atomic E-state index is 6.78. The number of hydrogen-bond donors (Lipinski definition) is 0. The molecule has 4 aliphatic carbocycles. The second-order valence-electron chi connectivity index (χ2n) is 11.6. The SMILES string of the molecule is Cc1c2c(cc3ccccc13)Oc1cc(C34CC5CC(CC(C5)C3)C4)cc3cc[n+](C)c-2c13. The summed E-state index contributed by atoms with van der Waals surface area (Å²) in [6.45, 7) is 2.25. The molecule has 0 radical (unpaired) electrons. The minimum Gasteiger partial charge on any atom is -0.456 e. The van der Waals surface area contributed by atoms with Gasteiger partial charge in [0.25, 0.3) is 0 Å². The van der Waals surface area contributed by atoms with E-state index in [4.69, 9.17) is 4.74 Å². The third-order valence-electron chi connectivity index (χ3n) is 9.58. The van der Waals surface area contributed by atoms with Crippen molar-refractivity contribution >= 4 is 21.5 Å². The molecule has 0 spiro atoms. The summed E-state index contributed by atoms with van der Waals surface area (Å²) in [5.74, 6) is 4.91. The molecule has 0 unspecified atom stereocenters. The Kier molecular flexibility index (Phi) is 3.47. The van der Waals surface area contributed by atoms with Crippen molar-refractivity contribution in [2.45, 2.75) is 50.9 Å². The van der Waals surface area contributed by atoms with E-state index < -0.39 is 0 Å². The number of hydrogen-bond acceptors (Lipinski definition) is 1. The van der Waals surface area contributed by atoms with E-state index in [1.165, 1.54) is 76.9 Å². The Labute approximate surface area is 195 Å². The highest BCUT2D eigenvalue weighted by molar-refractivity contribution is 6.05. The number of aromatic nitrogens is 1. The molecule has 5 aliphatic rings. The first kappa shape index (κ1) is 18.5. The second-order valence-corrected chi connectivity index (χ2v) is 11.6. The Morgan fingerprint density at radius 3 is 2.33 bits per heavy atom. The summed E-state index contributed by atoms with van der Waals surface area (Å²) in [6.07, 6.45) is 10.9.